The van der Waals surface area contributed by atoms with Crippen molar-refractivity contribution in [2.75, 3.05) is 0 Å². The molecular weight excluding hydrogens is 202 g/mol. The summed E-state index contributed by atoms with van der Waals surface area (Å²) in [5, 5.41) is 15.5. The maximum absolute atomic E-state index is 8.98. The van der Waals surface area contributed by atoms with Gasteiger partial charge in [-0.15, -0.1) is 0 Å². The fraction of sp³-hybridized carbons (Fsp3) is 0.250. The minimum Gasteiger partial charge on any atom is -0.467 e. The van der Waals surface area contributed by atoms with E-state index in [1.807, 2.05) is 6.07 Å². The van der Waals surface area contributed by atoms with Gasteiger partial charge in [-0.25, -0.2) is 0 Å². The van der Waals surface area contributed by atoms with E-state index >= 15 is 0 Å². The molecule has 0 unspecified atom stereocenters. The molecule has 5 nitrogen and oxygen atoms in total. The molecule has 2 N–H and O–H groups in total. The molecule has 0 amide bonds. The van der Waals surface area contributed by atoms with Crippen LogP contribution in [0.3, 0.4) is 0 Å². The highest BCUT2D eigenvalue weighted by atomic mass is 32.1. The fourth-order valence-corrected chi connectivity index (χ4v) is 1.41. The van der Waals surface area contributed by atoms with Gasteiger partial charge in [0.05, 0.1) is 12.8 Å². The third-order valence-corrected chi connectivity index (χ3v) is 2.18. The van der Waals surface area contributed by atoms with Crippen LogP contribution in [0.2, 0.25) is 0 Å². The van der Waals surface area contributed by atoms with E-state index in [2.05, 4.69) is 10.2 Å². The summed E-state index contributed by atoms with van der Waals surface area (Å²) in [6, 6.07) is 3.65. The van der Waals surface area contributed by atoms with Crippen LogP contribution in [0.25, 0.3) is 0 Å². The largest absolute Gasteiger partial charge is 0.467 e. The van der Waals surface area contributed by atoms with Crippen LogP contribution >= 0.6 is 12.2 Å². The number of furan rings is 1. The van der Waals surface area contributed by atoms with E-state index in [4.69, 9.17) is 21.7 Å². The molecule has 2 rings (SSSR count). The summed E-state index contributed by atoms with van der Waals surface area (Å²) in [7, 11) is 0. The lowest BCUT2D eigenvalue weighted by molar-refractivity contribution is 0.264. The molecule has 0 bridgehead atoms. The predicted octanol–water partition coefficient (Wildman–Crippen LogP) is 1.07. The standard InChI is InChI=1S/C8H9N3O2S/c12-5-7-9-10-8(14)11(7)4-6-2-1-3-13-6/h1-3,12H,4-5H2,(H,10,14). The third-order valence-electron chi connectivity index (χ3n) is 1.87. The van der Waals surface area contributed by atoms with E-state index in [0.717, 1.165) is 5.76 Å². The van der Waals surface area contributed by atoms with Gasteiger partial charge in [0.25, 0.3) is 0 Å². The predicted molar refractivity (Wildman–Crippen MR) is 51.1 cm³/mol. The van der Waals surface area contributed by atoms with Crippen LogP contribution in [0.4, 0.5) is 0 Å². The molecular formula is C8H9N3O2S. The van der Waals surface area contributed by atoms with E-state index in [-0.39, 0.29) is 6.61 Å². The van der Waals surface area contributed by atoms with Crippen molar-refractivity contribution in [2.45, 2.75) is 13.2 Å². The van der Waals surface area contributed by atoms with Crippen LogP contribution in [0.15, 0.2) is 22.8 Å². The Morgan fingerprint density at radius 1 is 1.64 bits per heavy atom. The molecule has 0 aliphatic rings. The quantitative estimate of drug-likeness (QED) is 0.745. The lowest BCUT2D eigenvalue weighted by atomic mass is 10.4. The van der Waals surface area contributed by atoms with Crippen molar-refractivity contribution in [1.82, 2.24) is 14.8 Å². The maximum atomic E-state index is 8.98. The Labute approximate surface area is 85.0 Å². The monoisotopic (exact) mass is 211 g/mol. The second-order valence-corrected chi connectivity index (χ2v) is 3.16. The molecule has 2 aromatic heterocycles. The molecule has 2 heterocycles. The number of rotatable bonds is 3. The first-order valence-corrected chi connectivity index (χ1v) is 4.49. The van der Waals surface area contributed by atoms with E-state index in [0.29, 0.717) is 17.1 Å². The number of H-pyrrole nitrogens is 1. The van der Waals surface area contributed by atoms with Crippen LogP contribution in [0.5, 0.6) is 0 Å². The number of aliphatic hydroxyl groups is 1. The molecule has 74 valence electrons. The third kappa shape index (κ3) is 1.61. The number of hydrogen-bond donors (Lipinski definition) is 2. The normalized spacial score (nSPS) is 10.6. The molecule has 14 heavy (non-hydrogen) atoms. The molecule has 0 radical (unpaired) electrons. The molecule has 0 aliphatic heterocycles. The first-order chi connectivity index (χ1) is 6.81. The summed E-state index contributed by atoms with van der Waals surface area (Å²) in [5.41, 5.74) is 0. The van der Waals surface area contributed by atoms with Gasteiger partial charge < -0.3 is 9.52 Å². The Morgan fingerprint density at radius 2 is 2.50 bits per heavy atom. The summed E-state index contributed by atoms with van der Waals surface area (Å²) < 4.78 is 7.34. The number of aromatic nitrogens is 3. The average Bonchev–Trinajstić information content (AvgIpc) is 2.79. The van der Waals surface area contributed by atoms with Gasteiger partial charge in [0.15, 0.2) is 10.6 Å². The lowest BCUT2D eigenvalue weighted by Crippen LogP contribution is -2.04. The number of hydrogen-bond acceptors (Lipinski definition) is 4. The fourth-order valence-electron chi connectivity index (χ4n) is 1.19. The average molecular weight is 211 g/mol. The molecule has 0 saturated heterocycles. The van der Waals surface area contributed by atoms with Gasteiger partial charge in [-0.05, 0) is 24.4 Å². The molecule has 0 aliphatic carbocycles. The van der Waals surface area contributed by atoms with Gasteiger partial charge in [0.2, 0.25) is 0 Å². The van der Waals surface area contributed by atoms with E-state index in [1.165, 1.54) is 0 Å². The number of aromatic amines is 1. The van der Waals surface area contributed by atoms with Crippen molar-refractivity contribution >= 4 is 12.2 Å². The Hall–Kier alpha value is -1.40. The van der Waals surface area contributed by atoms with Crippen molar-refractivity contribution in [3.05, 3.63) is 34.8 Å². The zero-order valence-corrected chi connectivity index (χ0v) is 8.12. The second kappa shape index (κ2) is 3.77. The number of nitrogens with one attached hydrogen (secondary N) is 1. The Balaban J connectivity index is 2.32. The van der Waals surface area contributed by atoms with Crippen molar-refractivity contribution in [1.29, 1.82) is 0 Å². The number of aliphatic hydroxyl groups excluding tert-OH is 1. The van der Waals surface area contributed by atoms with Gasteiger partial charge in [-0.1, -0.05) is 0 Å². The zero-order chi connectivity index (χ0) is 9.97. The van der Waals surface area contributed by atoms with Gasteiger partial charge in [-0.3, -0.25) is 9.67 Å². The summed E-state index contributed by atoms with van der Waals surface area (Å²) in [5.74, 6) is 1.28. The summed E-state index contributed by atoms with van der Waals surface area (Å²) >= 11 is 5.00. The van der Waals surface area contributed by atoms with Crippen LogP contribution in [-0.4, -0.2) is 19.9 Å². The lowest BCUT2D eigenvalue weighted by Gasteiger charge is -2.01. The molecule has 0 fully saturated rings. The molecule has 2 aromatic rings. The highest BCUT2D eigenvalue weighted by Gasteiger charge is 2.06. The van der Waals surface area contributed by atoms with Crippen molar-refractivity contribution in [3.63, 3.8) is 0 Å². The summed E-state index contributed by atoms with van der Waals surface area (Å²) in [6.45, 7) is 0.339. The Morgan fingerprint density at radius 3 is 3.14 bits per heavy atom. The van der Waals surface area contributed by atoms with E-state index in [9.17, 15) is 0 Å². The molecule has 6 heteroatoms. The molecule has 0 saturated carbocycles. The van der Waals surface area contributed by atoms with Gasteiger partial charge in [0.1, 0.15) is 12.4 Å². The minimum absolute atomic E-state index is 0.145. The van der Waals surface area contributed by atoms with E-state index < -0.39 is 0 Å². The van der Waals surface area contributed by atoms with Crippen molar-refractivity contribution in [2.24, 2.45) is 0 Å². The van der Waals surface area contributed by atoms with Gasteiger partial charge >= 0.3 is 0 Å². The summed E-state index contributed by atoms with van der Waals surface area (Å²) in [4.78, 5) is 0. The van der Waals surface area contributed by atoms with Crippen LogP contribution in [0, 0.1) is 4.77 Å². The minimum atomic E-state index is -0.145. The van der Waals surface area contributed by atoms with Crippen molar-refractivity contribution < 1.29 is 9.52 Å². The molecule has 0 spiro atoms. The van der Waals surface area contributed by atoms with Gasteiger partial charge in [-0.2, -0.15) is 5.10 Å². The summed E-state index contributed by atoms with van der Waals surface area (Å²) in [6.07, 6.45) is 1.59. The Bertz CT molecular complexity index is 457. The Kier molecular flexibility index (Phi) is 2.47. The SMILES string of the molecule is OCc1n[nH]c(=S)n1Cc1ccco1. The topological polar surface area (TPSA) is 67.0 Å². The highest BCUT2D eigenvalue weighted by Crippen LogP contribution is 2.06. The second-order valence-electron chi connectivity index (χ2n) is 2.77. The van der Waals surface area contributed by atoms with Crippen LogP contribution in [-0.2, 0) is 13.2 Å². The smallest absolute Gasteiger partial charge is 0.195 e. The van der Waals surface area contributed by atoms with Crippen LogP contribution in [0.1, 0.15) is 11.6 Å². The maximum Gasteiger partial charge on any atom is 0.195 e. The molecule has 0 aromatic carbocycles. The zero-order valence-electron chi connectivity index (χ0n) is 7.30. The van der Waals surface area contributed by atoms with E-state index in [1.54, 1.807) is 16.9 Å². The highest BCUT2D eigenvalue weighted by molar-refractivity contribution is 7.71. The number of nitrogens with zero attached hydrogens (tertiary/aromatic N) is 2. The van der Waals surface area contributed by atoms with Crippen molar-refractivity contribution in [3.8, 4) is 0 Å². The van der Waals surface area contributed by atoms with Crippen LogP contribution < -0.4 is 0 Å². The molecule has 0 atom stereocenters. The first kappa shape index (κ1) is 9.17. The van der Waals surface area contributed by atoms with Gasteiger partial charge in [0, 0.05) is 0 Å². The first-order valence-electron chi connectivity index (χ1n) is 4.08.